The molecule has 1 atom stereocenters. The van der Waals surface area contributed by atoms with Crippen molar-refractivity contribution in [1.82, 2.24) is 19.9 Å². The molecule has 1 aliphatic heterocycles. The van der Waals surface area contributed by atoms with Gasteiger partial charge in [0.05, 0.1) is 11.7 Å². The zero-order valence-electron chi connectivity index (χ0n) is 22.2. The molecule has 2 aromatic heterocycles. The lowest BCUT2D eigenvalue weighted by atomic mass is 10.0. The molecular formula is C28H32FN5O5. The Hall–Kier alpha value is -4.12. The molecule has 39 heavy (non-hydrogen) atoms. The quantitative estimate of drug-likeness (QED) is 0.426. The van der Waals surface area contributed by atoms with Crippen molar-refractivity contribution in [3.63, 3.8) is 0 Å². The van der Waals surface area contributed by atoms with Crippen LogP contribution >= 0.6 is 0 Å². The number of hydrogen-bond donors (Lipinski definition) is 1. The normalized spacial score (nSPS) is 14.7. The molecule has 1 aliphatic rings. The van der Waals surface area contributed by atoms with Crippen molar-refractivity contribution in [3.8, 4) is 22.9 Å². The van der Waals surface area contributed by atoms with E-state index in [-0.39, 0.29) is 36.5 Å². The van der Waals surface area contributed by atoms with Crippen LogP contribution < -0.4 is 15.2 Å². The summed E-state index contributed by atoms with van der Waals surface area (Å²) in [7, 11) is 0. The van der Waals surface area contributed by atoms with Crippen molar-refractivity contribution in [2.45, 2.75) is 58.3 Å². The maximum Gasteiger partial charge on any atom is 0.410 e. The summed E-state index contributed by atoms with van der Waals surface area (Å²) in [6.07, 6.45) is 4.96. The predicted molar refractivity (Wildman–Crippen MR) is 141 cm³/mol. The third-order valence-corrected chi connectivity index (χ3v) is 6.31. The third-order valence-electron chi connectivity index (χ3n) is 6.31. The van der Waals surface area contributed by atoms with Crippen molar-refractivity contribution < 1.29 is 28.2 Å². The second-order valence-electron chi connectivity index (χ2n) is 9.62. The number of nitrogens with two attached hydrogens (primary N) is 1. The van der Waals surface area contributed by atoms with Gasteiger partial charge in [-0.15, -0.1) is 0 Å². The van der Waals surface area contributed by atoms with Crippen molar-refractivity contribution in [3.05, 3.63) is 66.0 Å². The Morgan fingerprint density at radius 2 is 1.77 bits per heavy atom. The SMILES string of the molecule is Cc1c(OC(=O)[C@@H](N)Cc2ccc(-c3ccncc3)cc2F)ncnc1OC1CCN(C(=O)OC(C)C)CC1. The summed E-state index contributed by atoms with van der Waals surface area (Å²) < 4.78 is 31.5. The Bertz CT molecular complexity index is 1300. The first kappa shape index (κ1) is 27.9. The van der Waals surface area contributed by atoms with E-state index in [0.717, 1.165) is 5.56 Å². The standard InChI is InChI=1S/C28H32FN5O5/c1-17(2)37-28(36)34-12-8-22(9-13-34)38-25-18(3)26(33-16-32-25)39-27(35)24(30)15-21-5-4-20(14-23(21)29)19-6-10-31-11-7-19/h4-7,10-11,14,16-17,22,24H,8-9,12-13,15,30H2,1-3H3/t24-/m0/s1. The van der Waals surface area contributed by atoms with Crippen LogP contribution in [0.5, 0.6) is 11.8 Å². The Balaban J connectivity index is 1.33. The second kappa shape index (κ2) is 12.6. The van der Waals surface area contributed by atoms with E-state index in [2.05, 4.69) is 15.0 Å². The number of nitrogens with zero attached hydrogens (tertiary/aromatic N) is 4. The summed E-state index contributed by atoms with van der Waals surface area (Å²) >= 11 is 0. The topological polar surface area (TPSA) is 130 Å². The van der Waals surface area contributed by atoms with Crippen LogP contribution in [-0.4, -0.2) is 63.3 Å². The molecule has 206 valence electrons. The van der Waals surface area contributed by atoms with Crippen LogP contribution in [-0.2, 0) is 16.0 Å². The first-order chi connectivity index (χ1) is 18.7. The number of piperidine rings is 1. The summed E-state index contributed by atoms with van der Waals surface area (Å²) in [5, 5.41) is 0. The van der Waals surface area contributed by atoms with Crippen LogP contribution in [0.15, 0.2) is 49.1 Å². The highest BCUT2D eigenvalue weighted by atomic mass is 19.1. The first-order valence-corrected chi connectivity index (χ1v) is 12.8. The Morgan fingerprint density at radius 3 is 2.44 bits per heavy atom. The highest BCUT2D eigenvalue weighted by molar-refractivity contribution is 5.78. The van der Waals surface area contributed by atoms with Gasteiger partial charge < -0.3 is 24.8 Å². The van der Waals surface area contributed by atoms with Crippen LogP contribution in [0.3, 0.4) is 0 Å². The van der Waals surface area contributed by atoms with Crippen LogP contribution in [0.2, 0.25) is 0 Å². The number of aromatic nitrogens is 3. The molecule has 0 saturated carbocycles. The molecule has 10 nitrogen and oxygen atoms in total. The van der Waals surface area contributed by atoms with Gasteiger partial charge in [0.15, 0.2) is 0 Å². The molecule has 11 heteroatoms. The minimum Gasteiger partial charge on any atom is -0.474 e. The van der Waals surface area contributed by atoms with Gasteiger partial charge in [0.2, 0.25) is 11.8 Å². The number of pyridine rings is 1. The number of amides is 1. The number of halogens is 1. The summed E-state index contributed by atoms with van der Waals surface area (Å²) in [6, 6.07) is 7.23. The van der Waals surface area contributed by atoms with Crippen LogP contribution in [0.1, 0.15) is 37.8 Å². The van der Waals surface area contributed by atoms with Gasteiger partial charge in [-0.05, 0) is 55.7 Å². The van der Waals surface area contributed by atoms with Crippen molar-refractivity contribution >= 4 is 12.1 Å². The van der Waals surface area contributed by atoms with E-state index in [0.29, 0.717) is 42.6 Å². The molecule has 1 aromatic carbocycles. The van der Waals surface area contributed by atoms with Gasteiger partial charge in [0.1, 0.15) is 24.3 Å². The summed E-state index contributed by atoms with van der Waals surface area (Å²) in [5.74, 6) is -0.920. The molecule has 0 aliphatic carbocycles. The van der Waals surface area contributed by atoms with Gasteiger partial charge in [0.25, 0.3) is 0 Å². The number of likely N-dealkylation sites (tertiary alicyclic amines) is 1. The monoisotopic (exact) mass is 537 g/mol. The first-order valence-electron chi connectivity index (χ1n) is 12.8. The van der Waals surface area contributed by atoms with Crippen molar-refractivity contribution in [2.75, 3.05) is 13.1 Å². The van der Waals surface area contributed by atoms with E-state index < -0.39 is 17.8 Å². The highest BCUT2D eigenvalue weighted by Crippen LogP contribution is 2.27. The number of carbonyl (C=O) groups excluding carboxylic acids is 2. The number of rotatable bonds is 8. The minimum absolute atomic E-state index is 0.0203. The number of hydrogen-bond acceptors (Lipinski definition) is 9. The average molecular weight is 538 g/mol. The molecule has 4 rings (SSSR count). The molecule has 0 bridgehead atoms. The average Bonchev–Trinajstić information content (AvgIpc) is 2.92. The number of esters is 1. The molecule has 1 fully saturated rings. The fourth-order valence-corrected chi connectivity index (χ4v) is 4.16. The lowest BCUT2D eigenvalue weighted by Crippen LogP contribution is -2.42. The smallest absolute Gasteiger partial charge is 0.410 e. The molecule has 3 aromatic rings. The maximum absolute atomic E-state index is 14.8. The molecule has 3 heterocycles. The van der Waals surface area contributed by atoms with Crippen LogP contribution in [0, 0.1) is 12.7 Å². The summed E-state index contributed by atoms with van der Waals surface area (Å²) in [4.78, 5) is 38.7. The summed E-state index contributed by atoms with van der Waals surface area (Å²) in [6.45, 7) is 6.29. The van der Waals surface area contributed by atoms with E-state index in [1.54, 1.807) is 48.5 Å². The van der Waals surface area contributed by atoms with Gasteiger partial charge in [-0.25, -0.2) is 23.9 Å². The van der Waals surface area contributed by atoms with Crippen LogP contribution in [0.4, 0.5) is 9.18 Å². The van der Waals surface area contributed by atoms with E-state index >= 15 is 0 Å². The molecule has 1 amide bonds. The number of benzene rings is 1. The minimum atomic E-state index is -1.11. The summed E-state index contributed by atoms with van der Waals surface area (Å²) in [5.41, 5.74) is 8.31. The highest BCUT2D eigenvalue weighted by Gasteiger charge is 2.27. The third kappa shape index (κ3) is 7.26. The van der Waals surface area contributed by atoms with E-state index in [1.165, 1.54) is 12.4 Å². The fraction of sp³-hybridized carbons (Fsp3) is 0.393. The largest absolute Gasteiger partial charge is 0.474 e. The van der Waals surface area contributed by atoms with Crippen LogP contribution in [0.25, 0.3) is 11.1 Å². The Morgan fingerprint density at radius 1 is 1.08 bits per heavy atom. The van der Waals surface area contributed by atoms with Crippen molar-refractivity contribution in [1.29, 1.82) is 0 Å². The Labute approximate surface area is 226 Å². The lowest BCUT2D eigenvalue weighted by molar-refractivity contribution is -0.136. The molecule has 0 unspecified atom stereocenters. The van der Waals surface area contributed by atoms with Gasteiger partial charge in [-0.2, -0.15) is 0 Å². The number of ether oxygens (including phenoxy) is 3. The Kier molecular flexibility index (Phi) is 9.03. The predicted octanol–water partition coefficient (Wildman–Crippen LogP) is 3.85. The van der Waals surface area contributed by atoms with E-state index in [1.807, 2.05) is 13.8 Å². The fourth-order valence-electron chi connectivity index (χ4n) is 4.16. The second-order valence-corrected chi connectivity index (χ2v) is 9.62. The zero-order chi connectivity index (χ0) is 27.9. The molecule has 1 saturated heterocycles. The lowest BCUT2D eigenvalue weighted by Gasteiger charge is -2.31. The van der Waals surface area contributed by atoms with Gasteiger partial charge in [-0.1, -0.05) is 12.1 Å². The molecular weight excluding hydrogens is 505 g/mol. The van der Waals surface area contributed by atoms with Gasteiger partial charge in [0, 0.05) is 44.7 Å². The van der Waals surface area contributed by atoms with E-state index in [9.17, 15) is 14.0 Å². The zero-order valence-corrected chi connectivity index (χ0v) is 22.2. The molecule has 0 radical (unpaired) electrons. The van der Waals surface area contributed by atoms with Gasteiger partial charge >= 0.3 is 12.1 Å². The molecule has 0 spiro atoms. The molecule has 2 N–H and O–H groups in total. The van der Waals surface area contributed by atoms with E-state index in [4.69, 9.17) is 19.9 Å². The maximum atomic E-state index is 14.8. The number of carbonyl (C=O) groups is 2. The van der Waals surface area contributed by atoms with Crippen molar-refractivity contribution in [2.24, 2.45) is 5.73 Å². The van der Waals surface area contributed by atoms with Gasteiger partial charge in [-0.3, -0.25) is 4.98 Å².